The lowest BCUT2D eigenvalue weighted by Gasteiger charge is -2.19. The summed E-state index contributed by atoms with van der Waals surface area (Å²) in [5.41, 5.74) is 0.500. The van der Waals surface area contributed by atoms with Gasteiger partial charge in [0.15, 0.2) is 5.78 Å². The van der Waals surface area contributed by atoms with Gasteiger partial charge in [0.1, 0.15) is 11.5 Å². The molecule has 4 nitrogen and oxygen atoms in total. The second-order valence-electron chi connectivity index (χ2n) is 3.87. The Morgan fingerprint density at radius 2 is 1.78 bits per heavy atom. The molecule has 1 aromatic carbocycles. The fraction of sp³-hybridized carbons (Fsp3) is 0.167. The van der Waals surface area contributed by atoms with Gasteiger partial charge in [0.2, 0.25) is 5.78 Å². The van der Waals surface area contributed by atoms with Crippen LogP contribution < -0.4 is 0 Å². The van der Waals surface area contributed by atoms with E-state index in [2.05, 4.69) is 31.9 Å². The monoisotopic (exact) mass is 374 g/mol. The minimum atomic E-state index is -0.514. The van der Waals surface area contributed by atoms with Gasteiger partial charge >= 0.3 is 0 Å². The SMILES string of the molecule is Cc1c(O)c2c(c(O)c1CBr)C(=O)C(Br)=CC2=O. The summed E-state index contributed by atoms with van der Waals surface area (Å²) in [5, 5.41) is 20.4. The van der Waals surface area contributed by atoms with Crippen molar-refractivity contribution >= 4 is 43.4 Å². The number of ketones is 2. The zero-order chi connectivity index (χ0) is 13.6. The van der Waals surface area contributed by atoms with Gasteiger partial charge in [-0.3, -0.25) is 9.59 Å². The number of phenolic OH excluding ortho intramolecular Hbond substituents is 2. The Balaban J connectivity index is 2.91. The lowest BCUT2D eigenvalue weighted by atomic mass is 9.88. The Kier molecular flexibility index (Phi) is 3.33. The third kappa shape index (κ3) is 1.71. The summed E-state index contributed by atoms with van der Waals surface area (Å²) in [4.78, 5) is 23.8. The maximum absolute atomic E-state index is 12.0. The van der Waals surface area contributed by atoms with E-state index in [0.717, 1.165) is 6.08 Å². The predicted octanol–water partition coefficient (Wildman–Crippen LogP) is 2.96. The van der Waals surface area contributed by atoms with E-state index in [1.807, 2.05) is 0 Å². The van der Waals surface area contributed by atoms with E-state index in [4.69, 9.17) is 0 Å². The van der Waals surface area contributed by atoms with E-state index in [9.17, 15) is 19.8 Å². The zero-order valence-corrected chi connectivity index (χ0v) is 12.4. The molecule has 2 rings (SSSR count). The van der Waals surface area contributed by atoms with Crippen LogP contribution in [-0.4, -0.2) is 21.8 Å². The molecule has 0 bridgehead atoms. The Labute approximate surface area is 120 Å². The van der Waals surface area contributed by atoms with Crippen molar-refractivity contribution in [3.8, 4) is 11.5 Å². The van der Waals surface area contributed by atoms with Gasteiger partial charge in [-0.15, -0.1) is 0 Å². The minimum absolute atomic E-state index is 0.0686. The molecule has 0 atom stereocenters. The number of allylic oxidation sites excluding steroid dienone is 2. The molecule has 2 N–H and O–H groups in total. The number of rotatable bonds is 1. The van der Waals surface area contributed by atoms with Crippen LogP contribution >= 0.6 is 31.9 Å². The third-order valence-electron chi connectivity index (χ3n) is 2.90. The summed E-state index contributed by atoms with van der Waals surface area (Å²) < 4.78 is 0.0686. The van der Waals surface area contributed by atoms with Crippen molar-refractivity contribution in [2.45, 2.75) is 12.3 Å². The van der Waals surface area contributed by atoms with Crippen LogP contribution in [-0.2, 0) is 5.33 Å². The highest BCUT2D eigenvalue weighted by atomic mass is 79.9. The normalized spacial score (nSPS) is 14.5. The summed E-state index contributed by atoms with van der Waals surface area (Å²) in [6, 6.07) is 0. The number of aromatic hydroxyl groups is 2. The highest BCUT2D eigenvalue weighted by Crippen LogP contribution is 2.42. The number of Topliss-reactive ketones (excluding diaryl/α,β-unsaturated/α-hetero) is 1. The van der Waals surface area contributed by atoms with E-state index in [0.29, 0.717) is 11.1 Å². The molecule has 6 heteroatoms. The Morgan fingerprint density at radius 1 is 1.17 bits per heavy atom. The van der Waals surface area contributed by atoms with Gasteiger partial charge in [-0.1, -0.05) is 15.9 Å². The number of phenols is 2. The molecule has 18 heavy (non-hydrogen) atoms. The molecular weight excluding hydrogens is 368 g/mol. The van der Waals surface area contributed by atoms with Crippen molar-refractivity contribution in [2.24, 2.45) is 0 Å². The van der Waals surface area contributed by atoms with E-state index in [-0.39, 0.29) is 32.4 Å². The van der Waals surface area contributed by atoms with Crippen LogP contribution in [0.2, 0.25) is 0 Å². The van der Waals surface area contributed by atoms with E-state index >= 15 is 0 Å². The highest BCUT2D eigenvalue weighted by molar-refractivity contribution is 9.12. The lowest BCUT2D eigenvalue weighted by molar-refractivity contribution is 0.0986. The molecule has 0 amide bonds. The van der Waals surface area contributed by atoms with Crippen LogP contribution in [0.15, 0.2) is 10.6 Å². The fourth-order valence-electron chi connectivity index (χ4n) is 1.89. The van der Waals surface area contributed by atoms with E-state index in [1.54, 1.807) is 6.92 Å². The minimum Gasteiger partial charge on any atom is -0.507 e. The molecule has 0 aromatic heterocycles. The van der Waals surface area contributed by atoms with Gasteiger partial charge in [0, 0.05) is 17.0 Å². The third-order valence-corrected chi connectivity index (χ3v) is 4.05. The molecule has 1 aliphatic rings. The van der Waals surface area contributed by atoms with E-state index in [1.165, 1.54) is 0 Å². The molecule has 0 saturated carbocycles. The number of hydrogen-bond donors (Lipinski definition) is 2. The molecule has 0 radical (unpaired) electrons. The van der Waals surface area contributed by atoms with Gasteiger partial charge < -0.3 is 10.2 Å². The molecule has 0 heterocycles. The number of hydrogen-bond acceptors (Lipinski definition) is 4. The second kappa shape index (κ2) is 4.51. The van der Waals surface area contributed by atoms with Crippen molar-refractivity contribution in [3.05, 3.63) is 32.8 Å². The molecule has 0 fully saturated rings. The average Bonchev–Trinajstić information content (AvgIpc) is 2.31. The number of benzene rings is 1. The average molecular weight is 376 g/mol. The quantitative estimate of drug-likeness (QED) is 0.584. The Morgan fingerprint density at radius 3 is 2.33 bits per heavy atom. The number of fused-ring (bicyclic) bond motifs is 1. The topological polar surface area (TPSA) is 74.6 Å². The van der Waals surface area contributed by atoms with Crippen molar-refractivity contribution in [1.82, 2.24) is 0 Å². The van der Waals surface area contributed by atoms with Crippen LogP contribution in [0.4, 0.5) is 0 Å². The van der Waals surface area contributed by atoms with Crippen LogP contribution in [0, 0.1) is 6.92 Å². The molecule has 0 spiro atoms. The van der Waals surface area contributed by atoms with E-state index < -0.39 is 11.6 Å². The largest absolute Gasteiger partial charge is 0.507 e. The Bertz CT molecular complexity index is 617. The maximum Gasteiger partial charge on any atom is 0.204 e. The smallest absolute Gasteiger partial charge is 0.204 e. The van der Waals surface area contributed by atoms with Gasteiger partial charge in [0.05, 0.1) is 15.6 Å². The molecule has 94 valence electrons. The number of alkyl halides is 1. The molecule has 0 unspecified atom stereocenters. The summed E-state index contributed by atoms with van der Waals surface area (Å²) in [6.45, 7) is 1.58. The molecule has 1 aliphatic carbocycles. The molecule has 1 aromatic rings. The van der Waals surface area contributed by atoms with Crippen LogP contribution in [0.25, 0.3) is 0 Å². The Hall–Kier alpha value is -1.14. The first-order valence-corrected chi connectivity index (χ1v) is 6.91. The van der Waals surface area contributed by atoms with Crippen LogP contribution in [0.5, 0.6) is 11.5 Å². The number of carbonyl (C=O) groups is 2. The van der Waals surface area contributed by atoms with Crippen molar-refractivity contribution < 1.29 is 19.8 Å². The summed E-state index contributed by atoms with van der Waals surface area (Å²) >= 11 is 6.15. The van der Waals surface area contributed by atoms with Crippen LogP contribution in [0.3, 0.4) is 0 Å². The van der Waals surface area contributed by atoms with Gasteiger partial charge in [-0.25, -0.2) is 0 Å². The van der Waals surface area contributed by atoms with Crippen molar-refractivity contribution in [3.63, 3.8) is 0 Å². The first kappa shape index (κ1) is 13.3. The van der Waals surface area contributed by atoms with Gasteiger partial charge in [-0.05, 0) is 28.4 Å². The maximum atomic E-state index is 12.0. The van der Waals surface area contributed by atoms with Crippen LogP contribution in [0.1, 0.15) is 31.8 Å². The molecule has 0 saturated heterocycles. The van der Waals surface area contributed by atoms with Crippen molar-refractivity contribution in [1.29, 1.82) is 0 Å². The standard InChI is InChI=1S/C12H8Br2O4/c1-4-5(3-13)11(17)9-8(10(4)16)7(15)2-6(14)12(9)18/h2,16-17H,3H2,1H3. The second-order valence-corrected chi connectivity index (χ2v) is 5.29. The summed E-state index contributed by atoms with van der Waals surface area (Å²) in [5.74, 6) is -1.54. The predicted molar refractivity (Wildman–Crippen MR) is 72.8 cm³/mol. The lowest BCUT2D eigenvalue weighted by Crippen LogP contribution is -2.16. The highest BCUT2D eigenvalue weighted by Gasteiger charge is 2.33. The van der Waals surface area contributed by atoms with Gasteiger partial charge in [0.25, 0.3) is 0 Å². The molecular formula is C12H8Br2O4. The summed E-state index contributed by atoms with van der Waals surface area (Å²) in [7, 11) is 0. The van der Waals surface area contributed by atoms with Gasteiger partial charge in [-0.2, -0.15) is 0 Å². The number of halogens is 2. The van der Waals surface area contributed by atoms with Crippen molar-refractivity contribution in [2.75, 3.05) is 0 Å². The first-order chi connectivity index (χ1) is 8.40. The first-order valence-electron chi connectivity index (χ1n) is 4.99. The zero-order valence-electron chi connectivity index (χ0n) is 9.25. The summed E-state index contributed by atoms with van der Waals surface area (Å²) in [6.07, 6.45) is 1.09. The fourth-order valence-corrected chi connectivity index (χ4v) is 2.98. The number of carbonyl (C=O) groups excluding carboxylic acids is 2. The molecule has 0 aliphatic heterocycles.